The molecule has 1 amide bonds. The monoisotopic (exact) mass is 323 g/mol. The van der Waals surface area contributed by atoms with Crippen molar-refractivity contribution in [3.63, 3.8) is 0 Å². The Morgan fingerprint density at radius 1 is 1.43 bits per heavy atom. The van der Waals surface area contributed by atoms with Crippen molar-refractivity contribution in [3.05, 3.63) is 18.2 Å². The summed E-state index contributed by atoms with van der Waals surface area (Å²) in [7, 11) is 0. The number of aryl methyl sites for hydroxylation is 1. The summed E-state index contributed by atoms with van der Waals surface area (Å²) in [6.45, 7) is 8.71. The van der Waals surface area contributed by atoms with Crippen LogP contribution in [0.4, 0.5) is 4.79 Å². The first-order chi connectivity index (χ1) is 10.9. The Morgan fingerprint density at radius 3 is 2.91 bits per heavy atom. The molecule has 0 aromatic carbocycles. The highest BCUT2D eigenvalue weighted by Crippen LogP contribution is 2.28. The Kier molecular flexibility index (Phi) is 6.45. The number of rotatable bonds is 9. The Morgan fingerprint density at radius 2 is 2.22 bits per heavy atom. The lowest BCUT2D eigenvalue weighted by molar-refractivity contribution is 0.0528. The lowest BCUT2D eigenvalue weighted by Gasteiger charge is -2.19. The zero-order valence-corrected chi connectivity index (χ0v) is 14.5. The molecule has 1 aliphatic rings. The van der Waals surface area contributed by atoms with Gasteiger partial charge in [-0.05, 0) is 46.0 Å². The van der Waals surface area contributed by atoms with Crippen LogP contribution in [0.3, 0.4) is 0 Å². The van der Waals surface area contributed by atoms with E-state index >= 15 is 0 Å². The second-order valence-electron chi connectivity index (χ2n) is 7.13. The van der Waals surface area contributed by atoms with Crippen molar-refractivity contribution in [1.29, 1.82) is 0 Å². The number of hydrogen-bond acceptors (Lipinski definition) is 4. The minimum absolute atomic E-state index is 0.378. The van der Waals surface area contributed by atoms with Gasteiger partial charge in [0.1, 0.15) is 5.60 Å². The summed E-state index contributed by atoms with van der Waals surface area (Å²) in [4.78, 5) is 15.8. The number of alkyl carbamates (subject to hydrolysis) is 1. The summed E-state index contributed by atoms with van der Waals surface area (Å²) >= 11 is 0. The van der Waals surface area contributed by atoms with Crippen molar-refractivity contribution in [3.8, 4) is 0 Å². The molecule has 6 nitrogen and oxygen atoms in total. The van der Waals surface area contributed by atoms with E-state index in [-0.39, 0.29) is 6.09 Å². The van der Waals surface area contributed by atoms with Crippen molar-refractivity contribution in [1.82, 2.24) is 14.9 Å². The van der Waals surface area contributed by atoms with E-state index in [9.17, 15) is 4.79 Å². The number of aromatic nitrogens is 2. The minimum Gasteiger partial charge on any atom is -0.444 e. The third-order valence-electron chi connectivity index (χ3n) is 3.59. The topological polar surface area (TPSA) is 65.4 Å². The fourth-order valence-electron chi connectivity index (χ4n) is 2.24. The molecule has 0 saturated heterocycles. The lowest BCUT2D eigenvalue weighted by atomic mass is 10.2. The fourth-order valence-corrected chi connectivity index (χ4v) is 2.24. The molecular formula is C17H29N3O3. The van der Waals surface area contributed by atoms with Gasteiger partial charge in [-0.25, -0.2) is 9.78 Å². The van der Waals surface area contributed by atoms with Crippen LogP contribution in [0, 0.1) is 5.92 Å². The molecule has 0 spiro atoms. The molecule has 0 bridgehead atoms. The first-order valence-corrected chi connectivity index (χ1v) is 8.47. The van der Waals surface area contributed by atoms with E-state index in [0.717, 1.165) is 44.2 Å². The Hall–Kier alpha value is -1.56. The molecule has 1 N–H and O–H groups in total. The molecule has 0 atom stereocenters. The Labute approximate surface area is 138 Å². The summed E-state index contributed by atoms with van der Waals surface area (Å²) in [5, 5.41) is 2.77. The van der Waals surface area contributed by atoms with Gasteiger partial charge in [-0.2, -0.15) is 0 Å². The van der Waals surface area contributed by atoms with Crippen LogP contribution < -0.4 is 5.32 Å². The molecule has 1 saturated carbocycles. The predicted molar refractivity (Wildman–Crippen MR) is 88.3 cm³/mol. The zero-order chi connectivity index (χ0) is 16.7. The molecule has 6 heteroatoms. The summed E-state index contributed by atoms with van der Waals surface area (Å²) in [5.41, 5.74) is 0.648. The minimum atomic E-state index is -0.466. The third-order valence-corrected chi connectivity index (χ3v) is 3.59. The predicted octanol–water partition coefficient (Wildman–Crippen LogP) is 2.77. The smallest absolute Gasteiger partial charge is 0.407 e. The third kappa shape index (κ3) is 7.50. The largest absolute Gasteiger partial charge is 0.444 e. The fraction of sp³-hybridized carbons (Fsp3) is 0.765. The molecule has 1 heterocycles. The van der Waals surface area contributed by atoms with Crippen molar-refractivity contribution in [2.75, 3.05) is 19.8 Å². The highest BCUT2D eigenvalue weighted by atomic mass is 16.6. The number of hydrogen-bond donors (Lipinski definition) is 1. The van der Waals surface area contributed by atoms with Crippen LogP contribution in [0.25, 0.3) is 0 Å². The Balaban J connectivity index is 1.61. The summed E-state index contributed by atoms with van der Waals surface area (Å²) < 4.78 is 13.0. The average molecular weight is 323 g/mol. The van der Waals surface area contributed by atoms with Crippen molar-refractivity contribution >= 4 is 6.09 Å². The first-order valence-electron chi connectivity index (χ1n) is 8.47. The summed E-state index contributed by atoms with van der Waals surface area (Å²) in [5.74, 6) is 0.817. The molecule has 1 aliphatic carbocycles. The van der Waals surface area contributed by atoms with Crippen molar-refractivity contribution in [2.24, 2.45) is 5.92 Å². The highest BCUT2D eigenvalue weighted by molar-refractivity contribution is 5.67. The zero-order valence-electron chi connectivity index (χ0n) is 14.5. The van der Waals surface area contributed by atoms with Crippen LogP contribution >= 0.6 is 0 Å². The van der Waals surface area contributed by atoms with Gasteiger partial charge in [0.25, 0.3) is 0 Å². The SMILES string of the molecule is CC(C)(C)OC(=O)NCCc1cncn1CCCOCC1CC1. The Bertz CT molecular complexity index is 490. The molecule has 2 rings (SSSR count). The van der Waals surface area contributed by atoms with Gasteiger partial charge in [0.15, 0.2) is 0 Å². The highest BCUT2D eigenvalue weighted by Gasteiger charge is 2.20. The quantitative estimate of drug-likeness (QED) is 0.710. The second kappa shape index (κ2) is 8.34. The molecule has 1 fully saturated rings. The van der Waals surface area contributed by atoms with Gasteiger partial charge in [0, 0.05) is 44.6 Å². The first kappa shape index (κ1) is 17.8. The van der Waals surface area contributed by atoms with E-state index in [0.29, 0.717) is 6.54 Å². The van der Waals surface area contributed by atoms with Gasteiger partial charge in [-0.3, -0.25) is 0 Å². The molecule has 23 heavy (non-hydrogen) atoms. The van der Waals surface area contributed by atoms with E-state index in [1.54, 1.807) is 0 Å². The van der Waals surface area contributed by atoms with E-state index < -0.39 is 5.60 Å². The molecule has 130 valence electrons. The lowest BCUT2D eigenvalue weighted by Crippen LogP contribution is -2.33. The van der Waals surface area contributed by atoms with Gasteiger partial charge >= 0.3 is 6.09 Å². The van der Waals surface area contributed by atoms with Crippen LogP contribution in [0.5, 0.6) is 0 Å². The number of imidazole rings is 1. The van der Waals surface area contributed by atoms with Crippen LogP contribution in [-0.2, 0) is 22.4 Å². The van der Waals surface area contributed by atoms with Gasteiger partial charge in [-0.1, -0.05) is 0 Å². The molecular weight excluding hydrogens is 294 g/mol. The van der Waals surface area contributed by atoms with E-state index in [4.69, 9.17) is 9.47 Å². The molecule has 0 radical (unpaired) electrons. The average Bonchev–Trinajstić information content (AvgIpc) is 3.16. The van der Waals surface area contributed by atoms with E-state index in [1.807, 2.05) is 33.3 Å². The van der Waals surface area contributed by atoms with E-state index in [2.05, 4.69) is 14.9 Å². The van der Waals surface area contributed by atoms with Crippen LogP contribution in [0.1, 0.15) is 45.7 Å². The molecule has 0 aliphatic heterocycles. The maximum Gasteiger partial charge on any atom is 0.407 e. The van der Waals surface area contributed by atoms with E-state index in [1.165, 1.54) is 12.8 Å². The summed E-state index contributed by atoms with van der Waals surface area (Å²) in [6.07, 6.45) is 7.69. The van der Waals surface area contributed by atoms with Crippen molar-refractivity contribution in [2.45, 2.75) is 58.6 Å². The number of nitrogens with zero attached hydrogens (tertiary/aromatic N) is 2. The number of nitrogens with one attached hydrogen (secondary N) is 1. The van der Waals surface area contributed by atoms with Gasteiger partial charge < -0.3 is 19.4 Å². The maximum absolute atomic E-state index is 11.6. The van der Waals surface area contributed by atoms with Gasteiger partial charge in [-0.15, -0.1) is 0 Å². The number of carbonyl (C=O) groups excluding carboxylic acids is 1. The number of ether oxygens (including phenoxy) is 2. The van der Waals surface area contributed by atoms with Crippen LogP contribution in [0.15, 0.2) is 12.5 Å². The molecule has 1 aromatic rings. The van der Waals surface area contributed by atoms with Gasteiger partial charge in [0.05, 0.1) is 6.33 Å². The molecule has 1 aromatic heterocycles. The van der Waals surface area contributed by atoms with Gasteiger partial charge in [0.2, 0.25) is 0 Å². The maximum atomic E-state index is 11.6. The second-order valence-corrected chi connectivity index (χ2v) is 7.13. The summed E-state index contributed by atoms with van der Waals surface area (Å²) in [6, 6.07) is 0. The van der Waals surface area contributed by atoms with Crippen molar-refractivity contribution < 1.29 is 14.3 Å². The number of amides is 1. The standard InChI is InChI=1S/C17H29N3O3/c1-17(2,3)23-16(21)19-8-7-15-11-18-13-20(15)9-4-10-22-12-14-5-6-14/h11,13-14H,4-10,12H2,1-3H3,(H,19,21). The normalized spacial score (nSPS) is 14.7. The van der Waals surface area contributed by atoms with Crippen LogP contribution in [0.2, 0.25) is 0 Å². The molecule has 0 unspecified atom stereocenters. The number of carbonyl (C=O) groups is 1. The van der Waals surface area contributed by atoms with Crippen LogP contribution in [-0.4, -0.2) is 41.0 Å².